The normalized spacial score (nSPS) is 14.2. The first-order valence-electron chi connectivity index (χ1n) is 21.3. The average molecular weight is 1090 g/mol. The standard InChI is InChI=1S/C23H19Cl2F4N5O.C17H16ClF3N4OS.C6H5ClFN/c24-14-7-5-13(6-8-14)21(35)32-22(30-17-10-15(25)9-16(26)11-17)31-20-12-19(23(27,28)29)33-34(20)18-3-1-2-4-18;18-11-7-5-10(6-8-11)15(26)23-16(27)22-14-9-13(17(19,20)21)24-25(14)12-3-1-2-4-12;7-4-1-5(8)3-6(9)2-4/h5-12,18H,1-4H2,(H2,30,31,32,35);5-9,12H,1-4H2,(H2,22,23,26,27);1-3H,9H2. The van der Waals surface area contributed by atoms with Gasteiger partial charge in [-0.1, -0.05) is 72.1 Å². The fourth-order valence-electron chi connectivity index (χ4n) is 7.32. The Morgan fingerprint density at radius 1 is 0.606 bits per heavy atom. The Balaban J connectivity index is 0.000000202. The number of anilines is 3. The number of halogens is 12. The van der Waals surface area contributed by atoms with Crippen molar-refractivity contribution in [3.05, 3.63) is 151 Å². The van der Waals surface area contributed by atoms with Crippen molar-refractivity contribution in [1.29, 1.82) is 0 Å². The Morgan fingerprint density at radius 2 is 1.07 bits per heavy atom. The summed E-state index contributed by atoms with van der Waals surface area (Å²) < 4.78 is 108. The SMILES string of the molecule is Nc1cc(F)cc(Cl)c1.O=C(NC(=Nc1cc(C(F)(F)F)nn1C1CCCC1)Nc1cc(F)cc(Cl)c1)c1ccc(Cl)cc1.O=C(NC(=S)Nc1cc(C(F)(F)F)nn1C1CCCC1)c1ccc(Cl)cc1. The van der Waals surface area contributed by atoms with Gasteiger partial charge in [0.2, 0.25) is 5.96 Å². The van der Waals surface area contributed by atoms with Crippen molar-refractivity contribution in [3.8, 4) is 0 Å². The summed E-state index contributed by atoms with van der Waals surface area (Å²) in [6, 6.07) is 20.9. The molecule has 6 aromatic rings. The molecule has 0 bridgehead atoms. The van der Waals surface area contributed by atoms with Crippen LogP contribution in [0.2, 0.25) is 20.1 Å². The molecule has 0 aliphatic heterocycles. The average Bonchev–Trinajstić information content (AvgIpc) is 4.12. The van der Waals surface area contributed by atoms with E-state index in [9.17, 15) is 44.7 Å². The second kappa shape index (κ2) is 23.9. The molecule has 71 heavy (non-hydrogen) atoms. The van der Waals surface area contributed by atoms with E-state index < -0.39 is 47.2 Å². The molecule has 8 rings (SSSR count). The fourth-order valence-corrected chi connectivity index (χ4v) is 8.22. The van der Waals surface area contributed by atoms with Crippen molar-refractivity contribution in [2.24, 2.45) is 4.99 Å². The molecule has 0 radical (unpaired) electrons. The number of thiocarbonyl (C=S) groups is 1. The summed E-state index contributed by atoms with van der Waals surface area (Å²) in [4.78, 5) is 29.2. The molecule has 0 spiro atoms. The maximum absolute atomic E-state index is 13.9. The highest BCUT2D eigenvalue weighted by atomic mass is 35.5. The Morgan fingerprint density at radius 3 is 1.56 bits per heavy atom. The lowest BCUT2D eigenvalue weighted by Crippen LogP contribution is -2.36. The first-order chi connectivity index (χ1) is 33.5. The third kappa shape index (κ3) is 16.0. The third-order valence-electron chi connectivity index (χ3n) is 10.5. The third-order valence-corrected chi connectivity index (χ3v) is 11.7. The predicted octanol–water partition coefficient (Wildman–Crippen LogP) is 13.9. The van der Waals surface area contributed by atoms with Gasteiger partial charge in [-0.3, -0.25) is 20.2 Å². The van der Waals surface area contributed by atoms with Crippen molar-refractivity contribution in [1.82, 2.24) is 30.2 Å². The number of benzene rings is 4. The van der Waals surface area contributed by atoms with E-state index in [1.165, 1.54) is 70.0 Å². The summed E-state index contributed by atoms with van der Waals surface area (Å²) in [6.45, 7) is 0. The van der Waals surface area contributed by atoms with Crippen LogP contribution in [0.4, 0.5) is 58.1 Å². The number of nitrogen functional groups attached to an aromatic ring is 1. The van der Waals surface area contributed by atoms with Crippen molar-refractivity contribution in [2.45, 2.75) is 75.8 Å². The molecular weight excluding hydrogens is 1050 g/mol. The van der Waals surface area contributed by atoms with Crippen molar-refractivity contribution >= 4 is 105 Å². The smallest absolute Gasteiger partial charge is 0.399 e. The number of hydrogen-bond donors (Lipinski definition) is 5. The number of amides is 2. The number of carbonyl (C=O) groups excluding carboxylic acids is 2. The van der Waals surface area contributed by atoms with Crippen LogP contribution in [0.5, 0.6) is 0 Å². The van der Waals surface area contributed by atoms with Crippen LogP contribution in [0.1, 0.15) is 95.6 Å². The van der Waals surface area contributed by atoms with Crippen LogP contribution in [-0.2, 0) is 12.4 Å². The van der Waals surface area contributed by atoms with E-state index in [1.54, 1.807) is 12.1 Å². The summed E-state index contributed by atoms with van der Waals surface area (Å²) in [7, 11) is 0. The van der Waals surface area contributed by atoms with Gasteiger partial charge in [-0.15, -0.1) is 0 Å². The zero-order chi connectivity index (χ0) is 51.6. The first-order valence-corrected chi connectivity index (χ1v) is 23.2. The summed E-state index contributed by atoms with van der Waals surface area (Å²) in [5.74, 6) is -2.40. The lowest BCUT2D eigenvalue weighted by molar-refractivity contribution is -0.142. The highest BCUT2D eigenvalue weighted by Gasteiger charge is 2.38. The number of nitrogens with one attached hydrogen (secondary N) is 4. The van der Waals surface area contributed by atoms with E-state index in [1.807, 2.05) is 0 Å². The number of nitrogens with zero attached hydrogens (tertiary/aromatic N) is 5. The van der Waals surface area contributed by atoms with Crippen LogP contribution >= 0.6 is 58.6 Å². The van der Waals surface area contributed by atoms with E-state index in [0.717, 1.165) is 62.8 Å². The molecule has 0 atom stereocenters. The van der Waals surface area contributed by atoms with Gasteiger partial charge < -0.3 is 16.4 Å². The fraction of sp³-hybridized carbons (Fsp3) is 0.261. The second-order valence-corrected chi connectivity index (χ2v) is 18.0. The molecule has 2 amide bonds. The molecule has 2 aliphatic carbocycles. The minimum Gasteiger partial charge on any atom is -0.399 e. The highest BCUT2D eigenvalue weighted by Crippen LogP contribution is 2.38. The quantitative estimate of drug-likeness (QED) is 0.0348. The molecule has 2 fully saturated rings. The van der Waals surface area contributed by atoms with Crippen LogP contribution in [0.25, 0.3) is 0 Å². The van der Waals surface area contributed by atoms with Gasteiger partial charge in [0.25, 0.3) is 11.8 Å². The van der Waals surface area contributed by atoms with Gasteiger partial charge in [0.15, 0.2) is 22.3 Å². The Bertz CT molecular complexity index is 2800. The first kappa shape index (κ1) is 54.3. The van der Waals surface area contributed by atoms with Crippen LogP contribution in [0.3, 0.4) is 0 Å². The van der Waals surface area contributed by atoms with Gasteiger partial charge in [-0.2, -0.15) is 41.5 Å². The largest absolute Gasteiger partial charge is 0.435 e. The number of hydrogen-bond acceptors (Lipinski definition) is 7. The minimum absolute atomic E-state index is 0.0752. The highest BCUT2D eigenvalue weighted by molar-refractivity contribution is 7.80. The molecular formula is C46H40Cl4F8N10O2S. The Hall–Kier alpha value is -6.00. The van der Waals surface area contributed by atoms with Gasteiger partial charge in [0.1, 0.15) is 17.5 Å². The number of nitrogens with two attached hydrogens (primary N) is 1. The molecule has 2 aromatic heterocycles. The van der Waals surface area contributed by atoms with Crippen molar-refractivity contribution in [3.63, 3.8) is 0 Å². The molecule has 2 saturated carbocycles. The molecule has 6 N–H and O–H groups in total. The molecule has 12 nitrogen and oxygen atoms in total. The van der Waals surface area contributed by atoms with Crippen LogP contribution in [0.15, 0.2) is 102 Å². The predicted molar refractivity (Wildman–Crippen MR) is 261 cm³/mol. The number of rotatable bonds is 7. The number of carbonyl (C=O) groups is 2. The van der Waals surface area contributed by atoms with Gasteiger partial charge in [0.05, 0.1) is 12.1 Å². The van der Waals surface area contributed by atoms with Gasteiger partial charge in [-0.05, 0) is 123 Å². The number of aromatic nitrogens is 4. The van der Waals surface area contributed by atoms with Crippen molar-refractivity contribution < 1.29 is 44.7 Å². The lowest BCUT2D eigenvalue weighted by atomic mass is 10.2. The molecule has 25 heteroatoms. The maximum Gasteiger partial charge on any atom is 0.435 e. The topological polar surface area (TPSA) is 156 Å². The van der Waals surface area contributed by atoms with Gasteiger partial charge >= 0.3 is 12.4 Å². The summed E-state index contributed by atoms with van der Waals surface area (Å²) in [5, 5.41) is 19.0. The summed E-state index contributed by atoms with van der Waals surface area (Å²) >= 11 is 28.1. The number of aliphatic imine (C=N–C) groups is 1. The zero-order valence-electron chi connectivity index (χ0n) is 36.6. The van der Waals surface area contributed by atoms with E-state index in [2.05, 4.69) is 36.5 Å². The van der Waals surface area contributed by atoms with E-state index in [-0.39, 0.29) is 51.1 Å². The van der Waals surface area contributed by atoms with E-state index in [4.69, 9.17) is 64.4 Å². The van der Waals surface area contributed by atoms with E-state index in [0.29, 0.717) is 39.2 Å². The van der Waals surface area contributed by atoms with Crippen LogP contribution in [-0.4, -0.2) is 42.4 Å². The second-order valence-electron chi connectivity index (χ2n) is 15.9. The summed E-state index contributed by atoms with van der Waals surface area (Å²) in [6.07, 6.45) is -2.85. The maximum atomic E-state index is 13.9. The monoisotopic (exact) mass is 1090 g/mol. The van der Waals surface area contributed by atoms with Gasteiger partial charge in [0, 0.05) is 54.7 Å². The van der Waals surface area contributed by atoms with E-state index >= 15 is 0 Å². The molecule has 2 heterocycles. The van der Waals surface area contributed by atoms with Crippen LogP contribution < -0.4 is 27.0 Å². The number of guanidine groups is 1. The molecule has 2 aliphatic rings. The van der Waals surface area contributed by atoms with Crippen LogP contribution in [0, 0.1) is 11.6 Å². The molecule has 4 aromatic carbocycles. The molecule has 376 valence electrons. The molecule has 0 unspecified atom stereocenters. The summed E-state index contributed by atoms with van der Waals surface area (Å²) in [5.41, 5.74) is 4.17. The molecule has 0 saturated heterocycles. The zero-order valence-corrected chi connectivity index (χ0v) is 40.5. The minimum atomic E-state index is -4.68. The van der Waals surface area contributed by atoms with Crippen molar-refractivity contribution in [2.75, 3.05) is 16.4 Å². The number of alkyl halides is 6. The Labute approximate surface area is 425 Å². The Kier molecular flexibility index (Phi) is 18.3. The van der Waals surface area contributed by atoms with Gasteiger partial charge in [-0.25, -0.2) is 18.1 Å². The lowest BCUT2D eigenvalue weighted by Gasteiger charge is -2.16.